The molecule has 1 atom stereocenters. The van der Waals surface area contributed by atoms with Crippen molar-refractivity contribution in [3.8, 4) is 0 Å². The number of nitrogens with one attached hydrogen (secondary N) is 1. The zero-order valence-electron chi connectivity index (χ0n) is 14.8. The van der Waals surface area contributed by atoms with Crippen molar-refractivity contribution < 1.29 is 24.2 Å². The van der Waals surface area contributed by atoms with Gasteiger partial charge in [-0.05, 0) is 36.2 Å². The molecule has 136 valence electrons. The summed E-state index contributed by atoms with van der Waals surface area (Å²) >= 11 is 1.37. The summed E-state index contributed by atoms with van der Waals surface area (Å²) in [5, 5.41) is 11.7. The summed E-state index contributed by atoms with van der Waals surface area (Å²) in [5.74, 6) is -1.77. The van der Waals surface area contributed by atoms with Crippen molar-refractivity contribution >= 4 is 34.2 Å². The third-order valence-corrected chi connectivity index (χ3v) is 5.66. The largest absolute Gasteiger partial charge is 0.478 e. The normalized spacial score (nSPS) is 17.2. The van der Waals surface area contributed by atoms with Gasteiger partial charge < -0.3 is 15.2 Å². The second kappa shape index (κ2) is 7.39. The number of thiophene rings is 1. The van der Waals surface area contributed by atoms with Gasteiger partial charge in [-0.25, -0.2) is 9.59 Å². The zero-order valence-corrected chi connectivity index (χ0v) is 15.7. The Morgan fingerprint density at radius 1 is 1.28 bits per heavy atom. The number of hydrogen-bond acceptors (Lipinski definition) is 5. The molecule has 0 saturated carbocycles. The number of amides is 1. The van der Waals surface area contributed by atoms with Gasteiger partial charge in [0.15, 0.2) is 0 Å². The number of anilines is 1. The molecule has 1 aliphatic carbocycles. The van der Waals surface area contributed by atoms with E-state index in [1.54, 1.807) is 0 Å². The van der Waals surface area contributed by atoms with Crippen LogP contribution in [0.2, 0.25) is 0 Å². The number of aliphatic carboxylic acids is 1. The highest BCUT2D eigenvalue weighted by Gasteiger charge is 2.34. The van der Waals surface area contributed by atoms with E-state index in [2.05, 4.69) is 26.1 Å². The van der Waals surface area contributed by atoms with Gasteiger partial charge in [-0.3, -0.25) is 4.79 Å². The first-order valence-corrected chi connectivity index (χ1v) is 8.90. The number of carboxylic acids is 1. The lowest BCUT2D eigenvalue weighted by molar-refractivity contribution is -0.131. The SMILES string of the molecule is COC(=O)c1c(NC(=O)/C=C/C(=O)O)sc2c1CC[C@@H](C(C)(C)C)C2. The average Bonchev–Trinajstić information content (AvgIpc) is 2.88. The first-order chi connectivity index (χ1) is 11.6. The van der Waals surface area contributed by atoms with Crippen molar-refractivity contribution in [3.63, 3.8) is 0 Å². The van der Waals surface area contributed by atoms with Crippen LogP contribution in [-0.4, -0.2) is 30.1 Å². The Morgan fingerprint density at radius 3 is 2.52 bits per heavy atom. The predicted octanol–water partition coefficient (Wildman–Crippen LogP) is 3.27. The van der Waals surface area contributed by atoms with Crippen LogP contribution in [0.1, 0.15) is 48.0 Å². The van der Waals surface area contributed by atoms with Gasteiger partial charge in [0.25, 0.3) is 0 Å². The number of ether oxygens (including phenoxy) is 1. The molecule has 2 N–H and O–H groups in total. The van der Waals surface area contributed by atoms with E-state index in [4.69, 9.17) is 9.84 Å². The maximum Gasteiger partial charge on any atom is 0.341 e. The summed E-state index contributed by atoms with van der Waals surface area (Å²) in [6.07, 6.45) is 4.28. The molecule has 6 nitrogen and oxygen atoms in total. The Bertz CT molecular complexity index is 727. The molecule has 0 saturated heterocycles. The van der Waals surface area contributed by atoms with Crippen LogP contribution in [0.25, 0.3) is 0 Å². The summed E-state index contributed by atoms with van der Waals surface area (Å²) in [6, 6.07) is 0. The molecule has 1 aliphatic rings. The molecule has 0 bridgehead atoms. The summed E-state index contributed by atoms with van der Waals surface area (Å²) < 4.78 is 4.88. The fraction of sp³-hybridized carbons (Fsp3) is 0.500. The Hall–Kier alpha value is -2.15. The van der Waals surface area contributed by atoms with E-state index in [1.165, 1.54) is 18.4 Å². The number of hydrogen-bond donors (Lipinski definition) is 2. The quantitative estimate of drug-likeness (QED) is 0.631. The van der Waals surface area contributed by atoms with Gasteiger partial charge in [0.05, 0.1) is 12.7 Å². The van der Waals surface area contributed by atoms with E-state index in [-0.39, 0.29) is 5.41 Å². The van der Waals surface area contributed by atoms with E-state index >= 15 is 0 Å². The van der Waals surface area contributed by atoms with Gasteiger partial charge in [-0.15, -0.1) is 11.3 Å². The Balaban J connectivity index is 2.34. The van der Waals surface area contributed by atoms with Gasteiger partial charge in [-0.2, -0.15) is 0 Å². The van der Waals surface area contributed by atoms with Gasteiger partial charge in [0, 0.05) is 17.0 Å². The smallest absolute Gasteiger partial charge is 0.341 e. The van der Waals surface area contributed by atoms with Crippen molar-refractivity contribution in [1.29, 1.82) is 0 Å². The first-order valence-electron chi connectivity index (χ1n) is 8.08. The maximum atomic E-state index is 12.2. The molecule has 1 aromatic heterocycles. The molecular formula is C18H23NO5S. The van der Waals surface area contributed by atoms with Crippen LogP contribution in [-0.2, 0) is 27.2 Å². The summed E-state index contributed by atoms with van der Waals surface area (Å²) in [5.41, 5.74) is 1.50. The molecule has 0 fully saturated rings. The molecule has 0 aliphatic heterocycles. The van der Waals surface area contributed by atoms with Crippen molar-refractivity contribution in [3.05, 3.63) is 28.2 Å². The third kappa shape index (κ3) is 4.48. The molecule has 0 aromatic carbocycles. The van der Waals surface area contributed by atoms with Crippen LogP contribution in [0.5, 0.6) is 0 Å². The van der Waals surface area contributed by atoms with Crippen molar-refractivity contribution in [1.82, 2.24) is 0 Å². The molecule has 1 heterocycles. The fourth-order valence-corrected chi connectivity index (χ4v) is 4.35. The molecule has 1 aromatic rings. The van der Waals surface area contributed by atoms with E-state index in [0.717, 1.165) is 41.9 Å². The minimum absolute atomic E-state index is 0.167. The molecular weight excluding hydrogens is 342 g/mol. The average molecular weight is 365 g/mol. The molecule has 25 heavy (non-hydrogen) atoms. The Labute approximate surface area is 150 Å². The molecule has 0 radical (unpaired) electrons. The predicted molar refractivity (Wildman–Crippen MR) is 96.0 cm³/mol. The van der Waals surface area contributed by atoms with Crippen molar-refractivity contribution in [2.24, 2.45) is 11.3 Å². The van der Waals surface area contributed by atoms with Crippen LogP contribution in [0.4, 0.5) is 5.00 Å². The third-order valence-electron chi connectivity index (χ3n) is 4.49. The zero-order chi connectivity index (χ0) is 18.8. The van der Waals surface area contributed by atoms with Gasteiger partial charge in [0.1, 0.15) is 5.00 Å². The molecule has 7 heteroatoms. The van der Waals surface area contributed by atoms with Crippen LogP contribution >= 0.6 is 11.3 Å². The molecule has 0 unspecified atom stereocenters. The number of rotatable bonds is 4. The van der Waals surface area contributed by atoms with Gasteiger partial charge in [0.2, 0.25) is 5.91 Å². The van der Waals surface area contributed by atoms with Crippen molar-refractivity contribution in [2.75, 3.05) is 12.4 Å². The van der Waals surface area contributed by atoms with Crippen LogP contribution in [0.15, 0.2) is 12.2 Å². The lowest BCUT2D eigenvalue weighted by Crippen LogP contribution is -2.26. The van der Waals surface area contributed by atoms with Crippen molar-refractivity contribution in [2.45, 2.75) is 40.0 Å². The minimum atomic E-state index is -1.21. The summed E-state index contributed by atoms with van der Waals surface area (Å²) in [4.78, 5) is 35.7. The Kier molecular flexibility index (Phi) is 5.67. The standard InChI is InChI=1S/C18H23NO5S/c1-18(2,3)10-5-6-11-12(9-10)25-16(15(11)17(23)24-4)19-13(20)7-8-14(21)22/h7-8,10H,5-6,9H2,1-4H3,(H,19,20)(H,21,22)/b8-7+/t10-/m1/s1. The Morgan fingerprint density at radius 2 is 1.96 bits per heavy atom. The highest BCUT2D eigenvalue weighted by molar-refractivity contribution is 7.17. The highest BCUT2D eigenvalue weighted by atomic mass is 32.1. The maximum absolute atomic E-state index is 12.2. The lowest BCUT2D eigenvalue weighted by Gasteiger charge is -2.33. The number of carboxylic acid groups (broad SMARTS) is 1. The highest BCUT2D eigenvalue weighted by Crippen LogP contribution is 2.44. The van der Waals surface area contributed by atoms with Gasteiger partial charge >= 0.3 is 11.9 Å². The fourth-order valence-electron chi connectivity index (χ4n) is 3.03. The first kappa shape index (κ1) is 19.2. The number of fused-ring (bicyclic) bond motifs is 1. The molecule has 1 amide bonds. The number of carbonyl (C=O) groups is 3. The van der Waals surface area contributed by atoms with E-state index in [9.17, 15) is 14.4 Å². The van der Waals surface area contributed by atoms with Crippen LogP contribution in [0.3, 0.4) is 0 Å². The van der Waals surface area contributed by atoms with Crippen LogP contribution < -0.4 is 5.32 Å². The number of carbonyl (C=O) groups excluding carboxylic acids is 2. The van der Waals surface area contributed by atoms with E-state index < -0.39 is 17.8 Å². The summed E-state index contributed by atoms with van der Waals surface area (Å²) in [6.45, 7) is 6.62. The monoisotopic (exact) mass is 365 g/mol. The second-order valence-electron chi connectivity index (χ2n) is 7.17. The molecule has 0 spiro atoms. The minimum Gasteiger partial charge on any atom is -0.478 e. The van der Waals surface area contributed by atoms with E-state index in [1.807, 2.05) is 0 Å². The number of esters is 1. The molecule has 2 rings (SSSR count). The van der Waals surface area contributed by atoms with Crippen LogP contribution in [0, 0.1) is 11.3 Å². The summed E-state index contributed by atoms with van der Waals surface area (Å²) in [7, 11) is 1.31. The van der Waals surface area contributed by atoms with E-state index in [0.29, 0.717) is 16.5 Å². The van der Waals surface area contributed by atoms with Gasteiger partial charge in [-0.1, -0.05) is 20.8 Å². The topological polar surface area (TPSA) is 92.7 Å². The lowest BCUT2D eigenvalue weighted by atomic mass is 9.72. The second-order valence-corrected chi connectivity index (χ2v) is 8.27. The number of methoxy groups -OCH3 is 1.